The van der Waals surface area contributed by atoms with E-state index in [2.05, 4.69) is 67.1 Å². The van der Waals surface area contributed by atoms with Crippen molar-refractivity contribution < 1.29 is 95.0 Å². The second-order valence-electron chi connectivity index (χ2n) is 13.2. The number of hydrogen-bond acceptors (Lipinski definition) is 21. The molecule has 2 heterocycles. The van der Waals surface area contributed by atoms with E-state index in [-0.39, 0.29) is 123 Å². The Morgan fingerprint density at radius 3 is 1.23 bits per heavy atom. The van der Waals surface area contributed by atoms with Gasteiger partial charge in [-0.25, -0.2) is 16.8 Å². The zero-order valence-corrected chi connectivity index (χ0v) is 40.8. The molecular weight excluding hydrogens is 891 g/mol. The van der Waals surface area contributed by atoms with E-state index in [0.717, 1.165) is 12.1 Å². The summed E-state index contributed by atoms with van der Waals surface area (Å²) >= 11 is 0. The standard InChI is InChI=1S/C38H40N14O8S2.2Na/c1-38(39,54)24-11-17-26(18-12-24)44-35-48-33(42-4)50-37(52-35)46-28-16-8-22(30(20-28)62(58,59)60)6-5-21-7-15-27(19-29(21)61(55,56)57)45-36-49-32(41-3)47-34(51-36)43-25-13-9-23(10-14-25)31(53)40-2;;/h5-20,54H,39H2,1-4H3,(H,40,53)(H,55,56,57)(H,58,59,60)(H3,41,43,45,47,49,51)(H3,42,44,46,48,50,52);;/q;2*+1/p-2/b6-5+;;. The van der Waals surface area contributed by atoms with Crippen molar-refractivity contribution >= 4 is 96.7 Å². The summed E-state index contributed by atoms with van der Waals surface area (Å²) in [5, 5.41) is 29.9. The van der Waals surface area contributed by atoms with Crippen molar-refractivity contribution in [3.05, 3.63) is 107 Å². The zero-order valence-electron chi connectivity index (χ0n) is 35.1. The van der Waals surface area contributed by atoms with Crippen LogP contribution in [0.3, 0.4) is 0 Å². The van der Waals surface area contributed by atoms with Crippen LogP contribution in [0.25, 0.3) is 12.2 Å². The third kappa shape index (κ3) is 13.6. The molecular formula is C38H38N14Na2O8S2. The number of nitrogens with zero attached hydrogens (tertiary/aromatic N) is 6. The van der Waals surface area contributed by atoms with Crippen molar-refractivity contribution in [2.75, 3.05) is 53.0 Å². The topological polar surface area (TPSA) is 339 Å². The first-order valence-corrected chi connectivity index (χ1v) is 20.9. The number of nitrogens with one attached hydrogen (secondary N) is 7. The number of aromatic nitrogens is 6. The third-order valence-corrected chi connectivity index (χ3v) is 10.4. The largest absolute Gasteiger partial charge is 1.00 e. The first-order chi connectivity index (χ1) is 29.3. The van der Waals surface area contributed by atoms with Crippen molar-refractivity contribution in [2.24, 2.45) is 5.73 Å². The Morgan fingerprint density at radius 2 is 0.906 bits per heavy atom. The van der Waals surface area contributed by atoms with Gasteiger partial charge in [-0.05, 0) is 84.3 Å². The smallest absolute Gasteiger partial charge is 0.744 e. The van der Waals surface area contributed by atoms with Gasteiger partial charge in [0.2, 0.25) is 35.7 Å². The van der Waals surface area contributed by atoms with E-state index in [9.17, 15) is 35.8 Å². The van der Waals surface area contributed by atoms with Crippen molar-refractivity contribution in [3.63, 3.8) is 0 Å². The maximum Gasteiger partial charge on any atom is 1.00 e. The summed E-state index contributed by atoms with van der Waals surface area (Å²) in [4.78, 5) is 36.2. The van der Waals surface area contributed by atoms with Crippen LogP contribution in [0.5, 0.6) is 0 Å². The molecule has 64 heavy (non-hydrogen) atoms. The Kier molecular flexibility index (Phi) is 17.3. The van der Waals surface area contributed by atoms with E-state index in [1.54, 1.807) is 62.6 Å². The second kappa shape index (κ2) is 21.6. The number of carbonyl (C=O) groups is 1. The molecule has 0 spiro atoms. The van der Waals surface area contributed by atoms with E-state index < -0.39 is 35.8 Å². The number of anilines is 10. The first kappa shape index (κ1) is 51.3. The van der Waals surface area contributed by atoms with E-state index in [0.29, 0.717) is 22.5 Å². The van der Waals surface area contributed by atoms with Crippen molar-refractivity contribution in [3.8, 4) is 0 Å². The molecule has 26 heteroatoms. The van der Waals surface area contributed by atoms with Gasteiger partial charge < -0.3 is 57.2 Å². The number of amides is 1. The van der Waals surface area contributed by atoms with Crippen LogP contribution in [0.2, 0.25) is 0 Å². The fourth-order valence-corrected chi connectivity index (χ4v) is 6.96. The minimum absolute atomic E-state index is 0. The van der Waals surface area contributed by atoms with Crippen LogP contribution >= 0.6 is 0 Å². The van der Waals surface area contributed by atoms with Gasteiger partial charge >= 0.3 is 59.1 Å². The summed E-state index contributed by atoms with van der Waals surface area (Å²) < 4.78 is 74.9. The molecule has 0 fully saturated rings. The van der Waals surface area contributed by atoms with Gasteiger partial charge in [0.1, 0.15) is 26.0 Å². The van der Waals surface area contributed by atoms with Gasteiger partial charge in [-0.1, -0.05) is 36.4 Å². The van der Waals surface area contributed by atoms with E-state index in [4.69, 9.17) is 5.73 Å². The van der Waals surface area contributed by atoms with E-state index >= 15 is 0 Å². The third-order valence-electron chi connectivity index (χ3n) is 8.59. The van der Waals surface area contributed by atoms with Crippen LogP contribution in [0.15, 0.2) is 94.7 Å². The fourth-order valence-electron chi connectivity index (χ4n) is 5.57. The number of aliphatic hydroxyl groups is 1. The average Bonchev–Trinajstić information content (AvgIpc) is 3.22. The molecule has 0 saturated heterocycles. The molecule has 0 radical (unpaired) electrons. The summed E-state index contributed by atoms with van der Waals surface area (Å²) in [6.45, 7) is 1.44. The number of carbonyl (C=O) groups excluding carboxylic acids is 1. The van der Waals surface area contributed by atoms with Gasteiger partial charge in [0, 0.05) is 49.5 Å². The molecule has 4 aromatic carbocycles. The average molecular weight is 929 g/mol. The van der Waals surface area contributed by atoms with Crippen LogP contribution < -0.4 is 102 Å². The normalized spacial score (nSPS) is 12.2. The fraction of sp³-hybridized carbons (Fsp3) is 0.132. The summed E-state index contributed by atoms with van der Waals surface area (Å²) in [6.07, 6.45) is 2.35. The van der Waals surface area contributed by atoms with Crippen LogP contribution in [0.4, 0.5) is 58.4 Å². The van der Waals surface area contributed by atoms with Crippen LogP contribution in [-0.2, 0) is 26.0 Å². The summed E-state index contributed by atoms with van der Waals surface area (Å²) in [5.41, 5.74) is 6.15. The molecule has 6 rings (SSSR count). The molecule has 1 unspecified atom stereocenters. The Balaban J connectivity index is 0.00000449. The van der Waals surface area contributed by atoms with Crippen LogP contribution in [0.1, 0.15) is 34.0 Å². The zero-order chi connectivity index (χ0) is 44.8. The number of rotatable bonds is 16. The molecule has 1 atom stereocenters. The minimum Gasteiger partial charge on any atom is -0.744 e. The Morgan fingerprint density at radius 1 is 0.578 bits per heavy atom. The van der Waals surface area contributed by atoms with Gasteiger partial charge in [-0.3, -0.25) is 4.79 Å². The monoisotopic (exact) mass is 928 g/mol. The summed E-state index contributed by atoms with van der Waals surface area (Å²) in [6, 6.07) is 20.5. The predicted octanol–water partition coefficient (Wildman–Crippen LogP) is -2.42. The Labute approximate surface area is 411 Å². The summed E-state index contributed by atoms with van der Waals surface area (Å²) in [7, 11) is -5.59. The molecule has 6 aromatic rings. The Hall–Kier alpha value is -5.35. The molecule has 22 nitrogen and oxygen atoms in total. The molecule has 0 aliphatic heterocycles. The maximum absolute atomic E-state index is 12.5. The van der Waals surface area contributed by atoms with Gasteiger partial charge in [-0.15, -0.1) is 0 Å². The summed E-state index contributed by atoms with van der Waals surface area (Å²) in [5.74, 6) is 0.0983. The molecule has 1 amide bonds. The first-order valence-electron chi connectivity index (χ1n) is 18.1. The van der Waals surface area contributed by atoms with Crippen molar-refractivity contribution in [1.82, 2.24) is 35.2 Å². The maximum atomic E-state index is 12.5. The molecule has 322 valence electrons. The van der Waals surface area contributed by atoms with E-state index in [1.807, 2.05) is 0 Å². The van der Waals surface area contributed by atoms with Crippen molar-refractivity contribution in [2.45, 2.75) is 22.4 Å². The molecule has 0 aliphatic rings. The molecule has 0 bridgehead atoms. The molecule has 0 saturated carbocycles. The predicted molar refractivity (Wildman–Crippen MR) is 230 cm³/mol. The second-order valence-corrected chi connectivity index (χ2v) is 15.9. The Bertz CT molecular complexity index is 2890. The molecule has 2 aromatic heterocycles. The van der Waals surface area contributed by atoms with Gasteiger partial charge in [0.25, 0.3) is 5.91 Å². The van der Waals surface area contributed by atoms with Gasteiger partial charge in [0.15, 0.2) is 0 Å². The number of hydrogen-bond donors (Lipinski definition) is 9. The SMILES string of the molecule is CNC(=O)c1ccc(Nc2nc(NC)nc(Nc3ccc(/C=C/c4ccc(Nc5nc(NC)nc(Nc6ccc(C(C)(N)O)cc6)n5)cc4S(=O)(=O)[O-])c(S(=O)(=O)[O-])c3)n2)cc1.[Na+].[Na+]. The van der Waals surface area contributed by atoms with Gasteiger partial charge in [-0.2, -0.15) is 29.9 Å². The molecule has 10 N–H and O–H groups in total. The quantitative estimate of drug-likeness (QED) is 0.0211. The molecule has 0 aliphatic carbocycles. The number of nitrogens with two attached hydrogens (primary N) is 1. The van der Waals surface area contributed by atoms with Crippen molar-refractivity contribution in [1.29, 1.82) is 0 Å². The van der Waals surface area contributed by atoms with Crippen LogP contribution in [0, 0.1) is 0 Å². The van der Waals surface area contributed by atoms with Crippen LogP contribution in [-0.4, -0.2) is 88.0 Å². The minimum atomic E-state index is -5.13. The van der Waals surface area contributed by atoms with E-state index in [1.165, 1.54) is 50.4 Å². The van der Waals surface area contributed by atoms with Gasteiger partial charge in [0.05, 0.1) is 9.79 Å². The number of benzene rings is 4.